The summed E-state index contributed by atoms with van der Waals surface area (Å²) in [6, 6.07) is 21.4. The van der Waals surface area contributed by atoms with E-state index in [1.54, 1.807) is 12.1 Å². The molecule has 0 bridgehead atoms. The van der Waals surface area contributed by atoms with Crippen LogP contribution >= 0.6 is 15.9 Å². The summed E-state index contributed by atoms with van der Waals surface area (Å²) in [5, 5.41) is 2.90. The Balaban J connectivity index is 1.67. The Morgan fingerprint density at radius 3 is 2.39 bits per heavy atom. The van der Waals surface area contributed by atoms with E-state index in [1.807, 2.05) is 54.9 Å². The summed E-state index contributed by atoms with van der Waals surface area (Å²) >= 11 is 3.37. The zero-order valence-corrected chi connectivity index (χ0v) is 14.0. The summed E-state index contributed by atoms with van der Waals surface area (Å²) in [5.41, 5.74) is 2.64. The number of benzene rings is 2. The first-order chi connectivity index (χ1) is 11.2. The van der Waals surface area contributed by atoms with E-state index < -0.39 is 0 Å². The van der Waals surface area contributed by atoms with Gasteiger partial charge in [-0.25, -0.2) is 4.57 Å². The molecule has 3 rings (SSSR count). The standard InChI is InChI=1S/C19H15BrN2O/c20-17-8-4-7-16(13-17)19(23)21-18-9-11-22(12-10-18)14-15-5-2-1-3-6-15/h1-13H,14H2/p+1. The number of halogens is 1. The number of hydrogen-bond acceptors (Lipinski definition) is 1. The van der Waals surface area contributed by atoms with Crippen molar-refractivity contribution in [2.24, 2.45) is 0 Å². The Morgan fingerprint density at radius 2 is 1.70 bits per heavy atom. The zero-order chi connectivity index (χ0) is 16.1. The second kappa shape index (κ2) is 7.20. The minimum absolute atomic E-state index is 0.118. The molecule has 3 nitrogen and oxygen atoms in total. The number of hydrogen-bond donors (Lipinski definition) is 1. The molecule has 0 aliphatic rings. The van der Waals surface area contributed by atoms with Crippen molar-refractivity contribution >= 4 is 27.5 Å². The smallest absolute Gasteiger partial charge is 0.255 e. The molecular weight excluding hydrogens is 352 g/mol. The van der Waals surface area contributed by atoms with Gasteiger partial charge in [-0.15, -0.1) is 0 Å². The van der Waals surface area contributed by atoms with Gasteiger partial charge >= 0.3 is 0 Å². The van der Waals surface area contributed by atoms with Crippen LogP contribution < -0.4 is 9.88 Å². The molecule has 0 unspecified atom stereocenters. The highest BCUT2D eigenvalue weighted by molar-refractivity contribution is 9.10. The molecule has 0 radical (unpaired) electrons. The Morgan fingerprint density at radius 1 is 0.957 bits per heavy atom. The predicted molar refractivity (Wildman–Crippen MR) is 94.3 cm³/mol. The monoisotopic (exact) mass is 367 g/mol. The number of nitrogens with zero attached hydrogens (tertiary/aromatic N) is 1. The van der Waals surface area contributed by atoms with Crippen molar-refractivity contribution in [3.05, 3.63) is 94.7 Å². The van der Waals surface area contributed by atoms with Gasteiger partial charge in [0.05, 0.1) is 5.69 Å². The van der Waals surface area contributed by atoms with Gasteiger partial charge < -0.3 is 5.32 Å². The summed E-state index contributed by atoms with van der Waals surface area (Å²) in [7, 11) is 0. The van der Waals surface area contributed by atoms with Crippen molar-refractivity contribution in [2.75, 3.05) is 5.32 Å². The lowest BCUT2D eigenvalue weighted by Gasteiger charge is -2.05. The van der Waals surface area contributed by atoms with Crippen LogP contribution in [-0.2, 0) is 6.54 Å². The second-order valence-electron chi connectivity index (χ2n) is 5.21. The van der Waals surface area contributed by atoms with E-state index in [1.165, 1.54) is 5.56 Å². The molecule has 3 aromatic rings. The van der Waals surface area contributed by atoms with Crippen molar-refractivity contribution in [3.63, 3.8) is 0 Å². The topological polar surface area (TPSA) is 33.0 Å². The number of carbonyl (C=O) groups excluding carboxylic acids is 1. The zero-order valence-electron chi connectivity index (χ0n) is 12.4. The van der Waals surface area contributed by atoms with E-state index in [0.717, 1.165) is 16.7 Å². The SMILES string of the molecule is O=C(Nc1cc[n+](Cc2ccccc2)cc1)c1cccc(Br)c1. The van der Waals surface area contributed by atoms with E-state index in [2.05, 4.69) is 37.9 Å². The molecule has 1 amide bonds. The fraction of sp³-hybridized carbons (Fsp3) is 0.0526. The maximum atomic E-state index is 12.2. The van der Waals surface area contributed by atoms with Gasteiger partial charge in [-0.2, -0.15) is 0 Å². The Bertz CT molecular complexity index is 801. The number of anilines is 1. The molecule has 4 heteroatoms. The molecule has 0 aliphatic carbocycles. The first kappa shape index (κ1) is 15.4. The maximum Gasteiger partial charge on any atom is 0.255 e. The summed E-state index contributed by atoms with van der Waals surface area (Å²) in [6.45, 7) is 0.806. The highest BCUT2D eigenvalue weighted by Crippen LogP contribution is 2.13. The van der Waals surface area contributed by atoms with Gasteiger partial charge in [0.15, 0.2) is 18.9 Å². The Kier molecular flexibility index (Phi) is 4.83. The lowest BCUT2D eigenvalue weighted by molar-refractivity contribution is -0.688. The third-order valence-corrected chi connectivity index (χ3v) is 3.94. The quantitative estimate of drug-likeness (QED) is 0.693. The van der Waals surface area contributed by atoms with Crippen molar-refractivity contribution < 1.29 is 9.36 Å². The summed E-state index contributed by atoms with van der Waals surface area (Å²) < 4.78 is 2.96. The lowest BCUT2D eigenvalue weighted by atomic mass is 10.2. The molecule has 114 valence electrons. The Labute approximate surface area is 143 Å². The average Bonchev–Trinajstić information content (AvgIpc) is 2.57. The lowest BCUT2D eigenvalue weighted by Crippen LogP contribution is -2.33. The third kappa shape index (κ3) is 4.27. The van der Waals surface area contributed by atoms with Gasteiger partial charge in [0.25, 0.3) is 5.91 Å². The van der Waals surface area contributed by atoms with Crippen LogP contribution in [0, 0.1) is 0 Å². The maximum absolute atomic E-state index is 12.2. The molecule has 0 atom stereocenters. The van der Waals surface area contributed by atoms with Crippen LogP contribution in [0.5, 0.6) is 0 Å². The van der Waals surface area contributed by atoms with Crippen LogP contribution in [0.1, 0.15) is 15.9 Å². The molecule has 1 aromatic heterocycles. The van der Waals surface area contributed by atoms with Crippen LogP contribution in [0.2, 0.25) is 0 Å². The minimum Gasteiger partial charge on any atom is -0.322 e. The van der Waals surface area contributed by atoms with Crippen LogP contribution in [0.15, 0.2) is 83.6 Å². The van der Waals surface area contributed by atoms with E-state index in [0.29, 0.717) is 5.56 Å². The molecule has 0 fully saturated rings. The fourth-order valence-corrected chi connectivity index (χ4v) is 2.67. The molecule has 1 heterocycles. The van der Waals surface area contributed by atoms with Gasteiger partial charge in [-0.3, -0.25) is 4.79 Å². The highest BCUT2D eigenvalue weighted by Gasteiger charge is 2.08. The number of amides is 1. The van der Waals surface area contributed by atoms with E-state index in [9.17, 15) is 4.79 Å². The fourth-order valence-electron chi connectivity index (χ4n) is 2.27. The first-order valence-electron chi connectivity index (χ1n) is 7.31. The van der Waals surface area contributed by atoms with Crippen LogP contribution in [0.3, 0.4) is 0 Å². The second-order valence-corrected chi connectivity index (χ2v) is 6.12. The minimum atomic E-state index is -0.118. The number of rotatable bonds is 4. The van der Waals surface area contributed by atoms with Crippen molar-refractivity contribution in [1.82, 2.24) is 0 Å². The van der Waals surface area contributed by atoms with Crippen LogP contribution in [0.25, 0.3) is 0 Å². The van der Waals surface area contributed by atoms with E-state index in [4.69, 9.17) is 0 Å². The molecule has 1 N–H and O–H groups in total. The normalized spacial score (nSPS) is 10.3. The van der Waals surface area contributed by atoms with Gasteiger partial charge in [0.1, 0.15) is 0 Å². The van der Waals surface area contributed by atoms with Crippen LogP contribution in [0.4, 0.5) is 5.69 Å². The highest BCUT2D eigenvalue weighted by atomic mass is 79.9. The number of pyridine rings is 1. The Hall–Kier alpha value is -2.46. The first-order valence-corrected chi connectivity index (χ1v) is 8.10. The summed E-state index contributed by atoms with van der Waals surface area (Å²) in [4.78, 5) is 12.2. The number of nitrogens with one attached hydrogen (secondary N) is 1. The average molecular weight is 368 g/mol. The summed E-state index contributed by atoms with van der Waals surface area (Å²) in [6.07, 6.45) is 3.92. The molecule has 23 heavy (non-hydrogen) atoms. The largest absolute Gasteiger partial charge is 0.322 e. The van der Waals surface area contributed by atoms with Crippen molar-refractivity contribution in [2.45, 2.75) is 6.54 Å². The number of carbonyl (C=O) groups is 1. The van der Waals surface area contributed by atoms with Gasteiger partial charge in [-0.1, -0.05) is 52.3 Å². The predicted octanol–water partition coefficient (Wildman–Crippen LogP) is 4.04. The van der Waals surface area contributed by atoms with E-state index in [-0.39, 0.29) is 5.91 Å². The van der Waals surface area contributed by atoms with Gasteiger partial charge in [0, 0.05) is 27.7 Å². The number of aromatic nitrogens is 1. The summed E-state index contributed by atoms with van der Waals surface area (Å²) in [5.74, 6) is -0.118. The van der Waals surface area contributed by atoms with Crippen LogP contribution in [-0.4, -0.2) is 5.91 Å². The molecule has 0 aliphatic heterocycles. The molecular formula is C19H16BrN2O+. The third-order valence-electron chi connectivity index (χ3n) is 3.44. The van der Waals surface area contributed by atoms with Crippen molar-refractivity contribution in [1.29, 1.82) is 0 Å². The van der Waals surface area contributed by atoms with Crippen molar-refractivity contribution in [3.8, 4) is 0 Å². The molecule has 0 spiro atoms. The molecule has 2 aromatic carbocycles. The van der Waals surface area contributed by atoms with Gasteiger partial charge in [0.2, 0.25) is 0 Å². The molecule has 0 saturated carbocycles. The van der Waals surface area contributed by atoms with Gasteiger partial charge in [-0.05, 0) is 18.2 Å². The molecule has 0 saturated heterocycles. The van der Waals surface area contributed by atoms with E-state index >= 15 is 0 Å².